The SMILES string of the molecule is CC(C)N1COc2c(F)cc(C(F)(F)F)cc2C1. The van der Waals surface area contributed by atoms with Gasteiger partial charge < -0.3 is 4.74 Å². The van der Waals surface area contributed by atoms with Gasteiger partial charge >= 0.3 is 6.18 Å². The number of hydrogen-bond donors (Lipinski definition) is 0. The molecule has 6 heteroatoms. The van der Waals surface area contributed by atoms with Crippen LogP contribution in [0.15, 0.2) is 12.1 Å². The van der Waals surface area contributed by atoms with Gasteiger partial charge in [0.25, 0.3) is 0 Å². The summed E-state index contributed by atoms with van der Waals surface area (Å²) in [5.74, 6) is -1.02. The molecule has 0 aromatic heterocycles. The minimum absolute atomic E-state index is 0.0695. The van der Waals surface area contributed by atoms with Crippen molar-refractivity contribution >= 4 is 0 Å². The summed E-state index contributed by atoms with van der Waals surface area (Å²) in [4.78, 5) is 1.82. The lowest BCUT2D eigenvalue weighted by atomic mass is 10.1. The van der Waals surface area contributed by atoms with E-state index in [-0.39, 0.29) is 30.6 Å². The summed E-state index contributed by atoms with van der Waals surface area (Å²) in [6, 6.07) is 1.55. The number of ether oxygens (including phenoxy) is 1. The van der Waals surface area contributed by atoms with E-state index in [1.165, 1.54) is 0 Å². The Morgan fingerprint density at radius 3 is 2.50 bits per heavy atom. The maximum Gasteiger partial charge on any atom is 0.416 e. The Bertz CT molecular complexity index is 456. The number of fused-ring (bicyclic) bond motifs is 1. The lowest BCUT2D eigenvalue weighted by Crippen LogP contribution is -2.37. The molecule has 2 rings (SSSR count). The molecular formula is C12H13F4NO. The fourth-order valence-electron chi connectivity index (χ4n) is 1.84. The third-order valence-corrected chi connectivity index (χ3v) is 2.93. The smallest absolute Gasteiger partial charge is 0.416 e. The summed E-state index contributed by atoms with van der Waals surface area (Å²) in [5, 5.41) is 0. The van der Waals surface area contributed by atoms with Gasteiger partial charge in [0.15, 0.2) is 11.6 Å². The summed E-state index contributed by atoms with van der Waals surface area (Å²) in [7, 11) is 0. The molecule has 1 heterocycles. The van der Waals surface area contributed by atoms with Gasteiger partial charge in [0.2, 0.25) is 0 Å². The van der Waals surface area contributed by atoms with Gasteiger partial charge in [-0.1, -0.05) is 0 Å². The van der Waals surface area contributed by atoms with Crippen LogP contribution in [0.25, 0.3) is 0 Å². The number of halogens is 4. The fraction of sp³-hybridized carbons (Fsp3) is 0.500. The molecule has 0 saturated heterocycles. The molecule has 0 saturated carbocycles. The van der Waals surface area contributed by atoms with Gasteiger partial charge in [-0.15, -0.1) is 0 Å². The van der Waals surface area contributed by atoms with Crippen LogP contribution in [-0.2, 0) is 12.7 Å². The number of rotatable bonds is 1. The van der Waals surface area contributed by atoms with Crippen molar-refractivity contribution in [1.29, 1.82) is 0 Å². The predicted octanol–water partition coefficient (Wildman–Crippen LogP) is 3.40. The third-order valence-electron chi connectivity index (χ3n) is 2.93. The van der Waals surface area contributed by atoms with Crippen molar-refractivity contribution in [3.8, 4) is 5.75 Å². The molecular weight excluding hydrogens is 250 g/mol. The maximum atomic E-state index is 13.5. The minimum atomic E-state index is -4.55. The lowest BCUT2D eigenvalue weighted by Gasteiger charge is -2.32. The van der Waals surface area contributed by atoms with Crippen LogP contribution in [0.5, 0.6) is 5.75 Å². The summed E-state index contributed by atoms with van der Waals surface area (Å²) in [6.45, 7) is 4.25. The van der Waals surface area contributed by atoms with E-state index in [9.17, 15) is 17.6 Å². The average molecular weight is 263 g/mol. The van der Waals surface area contributed by atoms with Gasteiger partial charge in [-0.2, -0.15) is 13.2 Å². The van der Waals surface area contributed by atoms with Crippen LogP contribution >= 0.6 is 0 Å². The van der Waals surface area contributed by atoms with Crippen LogP contribution in [0.1, 0.15) is 25.0 Å². The zero-order chi connectivity index (χ0) is 13.5. The van der Waals surface area contributed by atoms with Crippen LogP contribution in [0, 0.1) is 5.82 Å². The van der Waals surface area contributed by atoms with Gasteiger partial charge in [0, 0.05) is 18.2 Å². The normalized spacial score (nSPS) is 16.6. The zero-order valence-corrected chi connectivity index (χ0v) is 10.0. The average Bonchev–Trinajstić information content (AvgIpc) is 2.26. The van der Waals surface area contributed by atoms with Crippen LogP contribution in [0.2, 0.25) is 0 Å². The molecule has 0 atom stereocenters. The van der Waals surface area contributed by atoms with Crippen molar-refractivity contribution in [2.45, 2.75) is 32.6 Å². The summed E-state index contributed by atoms with van der Waals surface area (Å²) < 4.78 is 56.4. The molecule has 1 aliphatic heterocycles. The molecule has 0 amide bonds. The van der Waals surface area contributed by atoms with E-state index in [2.05, 4.69) is 0 Å². The first-order valence-electron chi connectivity index (χ1n) is 5.55. The van der Waals surface area contributed by atoms with Crippen molar-refractivity contribution in [3.05, 3.63) is 29.1 Å². The van der Waals surface area contributed by atoms with Crippen LogP contribution < -0.4 is 4.74 Å². The molecule has 2 nitrogen and oxygen atoms in total. The molecule has 0 fully saturated rings. The Morgan fingerprint density at radius 2 is 1.94 bits per heavy atom. The van der Waals surface area contributed by atoms with Gasteiger partial charge in [-0.25, -0.2) is 4.39 Å². The second kappa shape index (κ2) is 4.42. The zero-order valence-electron chi connectivity index (χ0n) is 10.0. The van der Waals surface area contributed by atoms with E-state index in [0.29, 0.717) is 6.07 Å². The van der Waals surface area contributed by atoms with E-state index in [4.69, 9.17) is 4.74 Å². The standard InChI is InChI=1S/C12H13F4NO/c1-7(2)17-5-8-3-9(12(14,15)16)4-10(13)11(8)18-6-17/h3-4,7H,5-6H2,1-2H3. The monoisotopic (exact) mass is 263 g/mol. The highest BCUT2D eigenvalue weighted by Crippen LogP contribution is 2.36. The third kappa shape index (κ3) is 2.43. The number of alkyl halides is 3. The van der Waals surface area contributed by atoms with Crippen LogP contribution in [0.4, 0.5) is 17.6 Å². The molecule has 0 aliphatic carbocycles. The van der Waals surface area contributed by atoms with Crippen molar-refractivity contribution < 1.29 is 22.3 Å². The second-order valence-corrected chi connectivity index (χ2v) is 4.56. The van der Waals surface area contributed by atoms with E-state index < -0.39 is 17.6 Å². The van der Waals surface area contributed by atoms with Gasteiger partial charge in [0.1, 0.15) is 6.73 Å². The number of hydrogen-bond acceptors (Lipinski definition) is 2. The Kier molecular flexibility index (Phi) is 3.23. The van der Waals surface area contributed by atoms with E-state index in [1.807, 2.05) is 18.7 Å². The Balaban J connectivity index is 2.40. The largest absolute Gasteiger partial charge is 0.475 e. The molecule has 1 aromatic carbocycles. The highest BCUT2D eigenvalue weighted by Gasteiger charge is 2.34. The van der Waals surface area contributed by atoms with E-state index >= 15 is 0 Å². The molecule has 18 heavy (non-hydrogen) atoms. The highest BCUT2D eigenvalue weighted by atomic mass is 19.4. The van der Waals surface area contributed by atoms with Gasteiger partial charge in [-0.05, 0) is 26.0 Å². The molecule has 0 bridgehead atoms. The summed E-state index contributed by atoms with van der Waals surface area (Å²) in [6.07, 6.45) is -4.55. The molecule has 100 valence electrons. The second-order valence-electron chi connectivity index (χ2n) is 4.56. The molecule has 0 unspecified atom stereocenters. The first kappa shape index (κ1) is 13.1. The number of benzene rings is 1. The quantitative estimate of drug-likeness (QED) is 0.720. The molecule has 1 aromatic rings. The predicted molar refractivity (Wildman–Crippen MR) is 57.6 cm³/mol. The van der Waals surface area contributed by atoms with E-state index in [1.54, 1.807) is 0 Å². The Hall–Kier alpha value is -1.30. The van der Waals surface area contributed by atoms with E-state index in [0.717, 1.165) is 6.07 Å². The molecule has 0 spiro atoms. The van der Waals surface area contributed by atoms with Crippen LogP contribution in [-0.4, -0.2) is 17.7 Å². The molecule has 1 aliphatic rings. The fourth-order valence-corrected chi connectivity index (χ4v) is 1.84. The number of nitrogens with zero attached hydrogens (tertiary/aromatic N) is 1. The molecule has 0 N–H and O–H groups in total. The van der Waals surface area contributed by atoms with Crippen molar-refractivity contribution in [2.75, 3.05) is 6.73 Å². The summed E-state index contributed by atoms with van der Waals surface area (Å²) in [5.41, 5.74) is -0.741. The van der Waals surface area contributed by atoms with Gasteiger partial charge in [-0.3, -0.25) is 4.90 Å². The first-order chi connectivity index (χ1) is 8.29. The lowest BCUT2D eigenvalue weighted by molar-refractivity contribution is -0.137. The molecule has 0 radical (unpaired) electrons. The van der Waals surface area contributed by atoms with Crippen molar-refractivity contribution in [3.63, 3.8) is 0 Å². The van der Waals surface area contributed by atoms with Crippen LogP contribution in [0.3, 0.4) is 0 Å². The first-order valence-corrected chi connectivity index (χ1v) is 5.55. The van der Waals surface area contributed by atoms with Crippen molar-refractivity contribution in [2.24, 2.45) is 0 Å². The summed E-state index contributed by atoms with van der Waals surface area (Å²) >= 11 is 0. The maximum absolute atomic E-state index is 13.5. The highest BCUT2D eigenvalue weighted by molar-refractivity contribution is 5.40. The topological polar surface area (TPSA) is 12.5 Å². The van der Waals surface area contributed by atoms with Gasteiger partial charge in [0.05, 0.1) is 5.56 Å². The Labute approximate surface area is 102 Å². The van der Waals surface area contributed by atoms with Crippen molar-refractivity contribution in [1.82, 2.24) is 4.90 Å². The minimum Gasteiger partial charge on any atom is -0.475 e. The Morgan fingerprint density at radius 1 is 1.28 bits per heavy atom.